The Morgan fingerprint density at radius 1 is 1.35 bits per heavy atom. The number of anilines is 1. The number of carbonyl (C=O) groups is 1. The van der Waals surface area contributed by atoms with E-state index in [4.69, 9.17) is 27.7 Å². The van der Waals surface area contributed by atoms with Gasteiger partial charge < -0.3 is 9.84 Å². The number of hydrogen-bond acceptors (Lipinski definition) is 4. The smallest absolute Gasteiger partial charge is 0.241 e. The van der Waals surface area contributed by atoms with Crippen molar-refractivity contribution in [1.29, 1.82) is 0 Å². The zero-order valence-electron chi connectivity index (χ0n) is 12.7. The Bertz CT molecular complexity index is 697. The Morgan fingerprint density at radius 3 is 2.74 bits per heavy atom. The van der Waals surface area contributed by atoms with E-state index in [2.05, 4.69) is 15.4 Å². The summed E-state index contributed by atoms with van der Waals surface area (Å²) in [6, 6.07) is 6.71. The van der Waals surface area contributed by atoms with Crippen LogP contribution in [0, 0.1) is 6.92 Å². The molecule has 0 bridgehead atoms. The van der Waals surface area contributed by atoms with Crippen molar-refractivity contribution in [2.45, 2.75) is 32.4 Å². The standard InChI is InChI=1S/C16H17Cl2N3O2/c1-10-5-14(20-23-10)9-21-4-2-3-15(21)16(22)19-13-7-11(17)6-12(18)8-13/h5-8,15H,2-4,9H2,1H3,(H,19,22)/t15-/m0/s1. The summed E-state index contributed by atoms with van der Waals surface area (Å²) >= 11 is 11.9. The van der Waals surface area contributed by atoms with Gasteiger partial charge >= 0.3 is 0 Å². The number of carbonyl (C=O) groups excluding carboxylic acids is 1. The number of nitrogens with one attached hydrogen (secondary N) is 1. The molecule has 122 valence electrons. The number of hydrogen-bond donors (Lipinski definition) is 1. The Balaban J connectivity index is 1.67. The fourth-order valence-electron chi connectivity index (χ4n) is 2.86. The van der Waals surface area contributed by atoms with Crippen LogP contribution >= 0.6 is 23.2 Å². The lowest BCUT2D eigenvalue weighted by molar-refractivity contribution is -0.120. The van der Waals surface area contributed by atoms with Crippen LogP contribution in [-0.2, 0) is 11.3 Å². The fourth-order valence-corrected chi connectivity index (χ4v) is 3.39. The molecule has 7 heteroatoms. The van der Waals surface area contributed by atoms with E-state index in [0.29, 0.717) is 22.3 Å². The molecule has 0 saturated carbocycles. The van der Waals surface area contributed by atoms with Crippen LogP contribution in [0.1, 0.15) is 24.3 Å². The quantitative estimate of drug-likeness (QED) is 0.905. The molecule has 2 aromatic rings. The van der Waals surface area contributed by atoms with E-state index >= 15 is 0 Å². The van der Waals surface area contributed by atoms with Crippen LogP contribution in [0.15, 0.2) is 28.8 Å². The van der Waals surface area contributed by atoms with Gasteiger partial charge in [0.1, 0.15) is 5.76 Å². The molecule has 0 radical (unpaired) electrons. The molecule has 5 nitrogen and oxygen atoms in total. The molecule has 23 heavy (non-hydrogen) atoms. The van der Waals surface area contributed by atoms with Crippen molar-refractivity contribution >= 4 is 34.8 Å². The molecule has 1 aromatic heterocycles. The van der Waals surface area contributed by atoms with E-state index in [9.17, 15) is 4.79 Å². The normalized spacial score (nSPS) is 18.3. The number of aryl methyl sites for hydroxylation is 1. The zero-order valence-corrected chi connectivity index (χ0v) is 14.2. The minimum atomic E-state index is -0.190. The Hall–Kier alpha value is -1.56. The third-order valence-corrected chi connectivity index (χ3v) is 4.27. The van der Waals surface area contributed by atoms with Crippen LogP contribution in [0.5, 0.6) is 0 Å². The summed E-state index contributed by atoms with van der Waals surface area (Å²) in [6.07, 6.45) is 1.79. The van der Waals surface area contributed by atoms with Crippen molar-refractivity contribution in [3.05, 3.63) is 45.8 Å². The van der Waals surface area contributed by atoms with Gasteiger partial charge in [0, 0.05) is 28.3 Å². The van der Waals surface area contributed by atoms with Crippen molar-refractivity contribution in [3.63, 3.8) is 0 Å². The predicted octanol–water partition coefficient (Wildman–Crippen LogP) is 3.89. The van der Waals surface area contributed by atoms with E-state index in [-0.39, 0.29) is 11.9 Å². The zero-order chi connectivity index (χ0) is 16.4. The Kier molecular flexibility index (Phi) is 4.90. The number of benzene rings is 1. The molecule has 1 saturated heterocycles. The summed E-state index contributed by atoms with van der Waals surface area (Å²) in [5.74, 6) is 0.717. The molecule has 2 heterocycles. The van der Waals surface area contributed by atoms with E-state index < -0.39 is 0 Å². The van der Waals surface area contributed by atoms with Gasteiger partial charge in [-0.2, -0.15) is 0 Å². The molecule has 1 aliphatic rings. The van der Waals surface area contributed by atoms with Gasteiger partial charge in [0.2, 0.25) is 5.91 Å². The summed E-state index contributed by atoms with van der Waals surface area (Å²) in [5, 5.41) is 7.88. The molecule has 0 unspecified atom stereocenters. The Morgan fingerprint density at radius 2 is 2.09 bits per heavy atom. The van der Waals surface area contributed by atoms with Gasteiger partial charge in [-0.15, -0.1) is 0 Å². The third-order valence-electron chi connectivity index (χ3n) is 3.84. The third kappa shape index (κ3) is 4.05. The second-order valence-electron chi connectivity index (χ2n) is 5.70. The van der Waals surface area contributed by atoms with E-state index in [0.717, 1.165) is 30.8 Å². The highest BCUT2D eigenvalue weighted by atomic mass is 35.5. The topological polar surface area (TPSA) is 58.4 Å². The maximum atomic E-state index is 12.6. The molecule has 3 rings (SSSR count). The first kappa shape index (κ1) is 16.3. The highest BCUT2D eigenvalue weighted by Crippen LogP contribution is 2.25. The van der Waals surface area contributed by atoms with Crippen molar-refractivity contribution in [3.8, 4) is 0 Å². The van der Waals surface area contributed by atoms with Crippen LogP contribution in [0.2, 0.25) is 10.0 Å². The largest absolute Gasteiger partial charge is 0.361 e. The summed E-state index contributed by atoms with van der Waals surface area (Å²) in [6.45, 7) is 3.32. The van der Waals surface area contributed by atoms with Crippen molar-refractivity contribution in [2.75, 3.05) is 11.9 Å². The highest BCUT2D eigenvalue weighted by molar-refractivity contribution is 6.35. The van der Waals surface area contributed by atoms with Gasteiger partial charge in [-0.05, 0) is 44.5 Å². The molecule has 1 aliphatic heterocycles. The molecule has 1 fully saturated rings. The van der Waals surface area contributed by atoms with Crippen molar-refractivity contribution < 1.29 is 9.32 Å². The predicted molar refractivity (Wildman–Crippen MR) is 89.8 cm³/mol. The number of aromatic nitrogens is 1. The lowest BCUT2D eigenvalue weighted by Gasteiger charge is -2.22. The second-order valence-corrected chi connectivity index (χ2v) is 6.58. The first-order valence-corrected chi connectivity index (χ1v) is 8.20. The molecule has 1 amide bonds. The van der Waals surface area contributed by atoms with Crippen LogP contribution in [0.4, 0.5) is 5.69 Å². The average molecular weight is 354 g/mol. The summed E-state index contributed by atoms with van der Waals surface area (Å²) in [4.78, 5) is 14.7. The van der Waals surface area contributed by atoms with Crippen molar-refractivity contribution in [2.24, 2.45) is 0 Å². The van der Waals surface area contributed by atoms with Crippen LogP contribution < -0.4 is 5.32 Å². The number of amides is 1. The molecule has 0 spiro atoms. The van der Waals surface area contributed by atoms with Gasteiger partial charge in [-0.3, -0.25) is 9.69 Å². The molecule has 1 N–H and O–H groups in total. The maximum Gasteiger partial charge on any atom is 0.241 e. The van der Waals surface area contributed by atoms with Gasteiger partial charge in [-0.25, -0.2) is 0 Å². The second kappa shape index (κ2) is 6.91. The minimum absolute atomic E-state index is 0.0546. The fraction of sp³-hybridized carbons (Fsp3) is 0.375. The van der Waals surface area contributed by atoms with E-state index in [1.807, 2.05) is 13.0 Å². The summed E-state index contributed by atoms with van der Waals surface area (Å²) < 4.78 is 5.09. The SMILES string of the molecule is Cc1cc(CN2CCC[C@H]2C(=O)Nc2cc(Cl)cc(Cl)c2)no1. The molecule has 1 aromatic carbocycles. The lowest BCUT2D eigenvalue weighted by Crippen LogP contribution is -2.39. The number of halogens is 2. The van der Waals surface area contributed by atoms with Gasteiger partial charge in [0.15, 0.2) is 0 Å². The van der Waals surface area contributed by atoms with Crippen LogP contribution in [0.3, 0.4) is 0 Å². The molecule has 1 atom stereocenters. The summed E-state index contributed by atoms with van der Waals surface area (Å²) in [5.41, 5.74) is 1.45. The van der Waals surface area contributed by atoms with E-state index in [1.165, 1.54) is 0 Å². The van der Waals surface area contributed by atoms with E-state index in [1.54, 1.807) is 18.2 Å². The molecular weight excluding hydrogens is 337 g/mol. The molecular formula is C16H17Cl2N3O2. The monoisotopic (exact) mass is 353 g/mol. The van der Waals surface area contributed by atoms with Crippen molar-refractivity contribution in [1.82, 2.24) is 10.1 Å². The maximum absolute atomic E-state index is 12.6. The molecule has 0 aliphatic carbocycles. The first-order chi connectivity index (χ1) is 11.0. The minimum Gasteiger partial charge on any atom is -0.361 e. The summed E-state index contributed by atoms with van der Waals surface area (Å²) in [7, 11) is 0. The number of rotatable bonds is 4. The Labute approximate surface area is 144 Å². The lowest BCUT2D eigenvalue weighted by atomic mass is 10.2. The van der Waals surface area contributed by atoms with Gasteiger partial charge in [0.25, 0.3) is 0 Å². The van der Waals surface area contributed by atoms with Crippen LogP contribution in [0.25, 0.3) is 0 Å². The first-order valence-electron chi connectivity index (χ1n) is 7.44. The number of likely N-dealkylation sites (tertiary alicyclic amines) is 1. The van der Waals surface area contributed by atoms with Gasteiger partial charge in [0.05, 0.1) is 11.7 Å². The van der Waals surface area contributed by atoms with Crippen LogP contribution in [-0.4, -0.2) is 28.6 Å². The average Bonchev–Trinajstić information content (AvgIpc) is 3.07. The highest BCUT2D eigenvalue weighted by Gasteiger charge is 2.31. The number of nitrogens with zero attached hydrogens (tertiary/aromatic N) is 2. The van der Waals surface area contributed by atoms with Gasteiger partial charge in [-0.1, -0.05) is 28.4 Å².